The number of halogens is 15. The van der Waals surface area contributed by atoms with Gasteiger partial charge in [0.1, 0.15) is 12.4 Å². The number of ether oxygens (including phenoxy) is 6. The van der Waals surface area contributed by atoms with E-state index in [-0.39, 0.29) is 38.0 Å². The van der Waals surface area contributed by atoms with Gasteiger partial charge in [-0.3, -0.25) is 0 Å². The molecule has 1 aromatic carbocycles. The highest BCUT2D eigenvalue weighted by Gasteiger charge is 2.65. The van der Waals surface area contributed by atoms with E-state index in [0.717, 1.165) is 0 Å². The maximum absolute atomic E-state index is 13.1. The smallest absolute Gasteiger partial charge is 0.509 e. The SMILES string of the molecule is CC(C)COC(=O)OC(C(F)(F)F)C(F)(F)S(=O)(=O)[O-].O=C(OC(C(F)(F)F)C(F)(F)S(=O)(=O)[O-])N1CCOCC1.O=S(=O)([O-])C(F)(F)C(OCCOc1ccccc1)C(F)(F)F. The average molecular weight is 1020 g/mol. The lowest BCUT2D eigenvalue weighted by molar-refractivity contribution is -0.265. The van der Waals surface area contributed by atoms with Crippen molar-refractivity contribution in [2.24, 2.45) is 5.92 Å². The number of nitrogens with zero attached hydrogens (tertiary/aromatic N) is 1. The number of alkyl halides is 15. The van der Waals surface area contributed by atoms with E-state index in [1.165, 1.54) is 26.0 Å². The summed E-state index contributed by atoms with van der Waals surface area (Å²) in [5.41, 5.74) is 0. The van der Waals surface area contributed by atoms with Crippen molar-refractivity contribution < 1.29 is 143 Å². The van der Waals surface area contributed by atoms with Crippen molar-refractivity contribution in [3.8, 4) is 5.75 Å². The Morgan fingerprint density at radius 1 is 0.635 bits per heavy atom. The lowest BCUT2D eigenvalue weighted by Crippen LogP contribution is -2.54. The van der Waals surface area contributed by atoms with Gasteiger partial charge in [0, 0.05) is 13.1 Å². The van der Waals surface area contributed by atoms with Crippen molar-refractivity contribution in [1.29, 1.82) is 0 Å². The molecule has 18 nitrogen and oxygen atoms in total. The van der Waals surface area contributed by atoms with Crippen LogP contribution in [0.1, 0.15) is 13.8 Å². The van der Waals surface area contributed by atoms with Crippen LogP contribution in [0.5, 0.6) is 5.75 Å². The Kier molecular flexibility index (Phi) is 21.0. The van der Waals surface area contributed by atoms with E-state index in [0.29, 0.717) is 4.90 Å². The van der Waals surface area contributed by atoms with Gasteiger partial charge in [0.25, 0.3) is 12.2 Å². The van der Waals surface area contributed by atoms with Crippen LogP contribution in [0.2, 0.25) is 0 Å². The number of carbonyl (C=O) groups is 2. The van der Waals surface area contributed by atoms with Gasteiger partial charge in [-0.25, -0.2) is 34.8 Å². The molecule has 3 unspecified atom stereocenters. The van der Waals surface area contributed by atoms with Gasteiger partial charge in [-0.15, -0.1) is 0 Å². The standard InChI is InChI=1S/C11H11F5O5S.C8H10F5NO6S.C8H11F5O6S/c12-10(13,14)9(11(15,16)22(17,18)19)21-7-6-20-8-4-2-1-3-5-8;9-7(10,11)5(8(12,13)21(16,17)18)20-6(15)14-1-3-19-4-2-14;1-4(2)3-18-6(14)19-5(7(9,10)11)8(12,13)20(15,16)17/h1-5,9H,6-7H2,(H,17,18,19);5H,1-4H2,(H,16,17,18);4-5H,3H2,1-2H3,(H,15,16,17)/p-3. The molecule has 1 amide bonds. The van der Waals surface area contributed by atoms with Crippen LogP contribution in [0.3, 0.4) is 0 Å². The van der Waals surface area contributed by atoms with E-state index in [1.807, 2.05) is 0 Å². The molecule has 1 aromatic rings. The predicted molar refractivity (Wildman–Crippen MR) is 167 cm³/mol. The van der Waals surface area contributed by atoms with Crippen LogP contribution in [0, 0.1) is 5.92 Å². The second kappa shape index (κ2) is 22.4. The van der Waals surface area contributed by atoms with Crippen LogP contribution in [-0.4, -0.2) is 155 Å². The molecular weight excluding hydrogens is 991 g/mol. The Morgan fingerprint density at radius 2 is 1.02 bits per heavy atom. The average Bonchev–Trinajstić information content (AvgIpc) is 3.10. The zero-order chi connectivity index (χ0) is 49.8. The molecule has 0 bridgehead atoms. The molecule has 1 fully saturated rings. The number of hydrogen-bond donors (Lipinski definition) is 0. The van der Waals surface area contributed by atoms with Crippen molar-refractivity contribution in [3.63, 3.8) is 0 Å². The molecule has 0 aromatic heterocycles. The minimum atomic E-state index is -6.70. The molecule has 0 N–H and O–H groups in total. The van der Waals surface area contributed by atoms with Gasteiger partial charge in [-0.2, -0.15) is 65.9 Å². The lowest BCUT2D eigenvalue weighted by atomic mass is 10.2. The minimum Gasteiger partial charge on any atom is -0.743 e. The molecule has 1 aliphatic heterocycles. The van der Waals surface area contributed by atoms with Crippen molar-refractivity contribution in [2.45, 2.75) is 66.5 Å². The molecule has 1 saturated heterocycles. The van der Waals surface area contributed by atoms with E-state index in [4.69, 9.17) is 9.47 Å². The molecule has 0 spiro atoms. The zero-order valence-electron chi connectivity index (χ0n) is 30.9. The first kappa shape index (κ1) is 59.2. The van der Waals surface area contributed by atoms with Crippen LogP contribution in [0.15, 0.2) is 30.3 Å². The van der Waals surface area contributed by atoms with Crippen LogP contribution >= 0.6 is 0 Å². The van der Waals surface area contributed by atoms with Crippen molar-refractivity contribution in [3.05, 3.63) is 30.3 Å². The minimum absolute atomic E-state index is 0.0535. The molecule has 63 heavy (non-hydrogen) atoms. The van der Waals surface area contributed by atoms with Crippen molar-refractivity contribution in [1.82, 2.24) is 4.90 Å². The largest absolute Gasteiger partial charge is 0.743 e. The fraction of sp³-hybridized carbons (Fsp3) is 0.704. The van der Waals surface area contributed by atoms with Gasteiger partial charge in [0.2, 0.25) is 6.10 Å². The number of para-hydroxylation sites is 1. The molecule has 36 heteroatoms. The van der Waals surface area contributed by atoms with Crippen molar-refractivity contribution >= 4 is 42.6 Å². The van der Waals surface area contributed by atoms with Crippen molar-refractivity contribution in [2.75, 3.05) is 46.1 Å². The van der Waals surface area contributed by atoms with E-state index >= 15 is 0 Å². The quantitative estimate of drug-likeness (QED) is 0.101. The highest BCUT2D eigenvalue weighted by molar-refractivity contribution is 7.87. The second-order valence-corrected chi connectivity index (χ2v) is 16.3. The van der Waals surface area contributed by atoms with Crippen LogP contribution in [-0.2, 0) is 54.0 Å². The Hall–Kier alpha value is -3.84. The van der Waals surface area contributed by atoms with E-state index in [9.17, 15) is 114 Å². The molecule has 2 rings (SSSR count). The summed E-state index contributed by atoms with van der Waals surface area (Å²) in [6, 6.07) is 7.68. The predicted octanol–water partition coefficient (Wildman–Crippen LogP) is 4.54. The summed E-state index contributed by atoms with van der Waals surface area (Å²) in [4.78, 5) is 22.8. The summed E-state index contributed by atoms with van der Waals surface area (Å²) >= 11 is 0. The first-order valence-corrected chi connectivity index (χ1v) is 20.1. The number of hydrogen-bond acceptors (Lipinski definition) is 17. The Morgan fingerprint density at radius 3 is 1.38 bits per heavy atom. The highest BCUT2D eigenvalue weighted by Crippen LogP contribution is 2.40. The molecule has 1 aliphatic rings. The van der Waals surface area contributed by atoms with E-state index in [2.05, 4.69) is 18.9 Å². The zero-order valence-corrected chi connectivity index (χ0v) is 33.4. The molecule has 1 heterocycles. The number of carbonyl (C=O) groups excluding carboxylic acids is 2. The number of amides is 1. The van der Waals surface area contributed by atoms with Gasteiger partial charge in [-0.05, 0) is 18.1 Å². The first-order valence-electron chi connectivity index (χ1n) is 15.9. The highest BCUT2D eigenvalue weighted by atomic mass is 32.2. The third kappa shape index (κ3) is 18.7. The lowest BCUT2D eigenvalue weighted by Gasteiger charge is -2.32. The van der Waals surface area contributed by atoms with Gasteiger partial charge >= 0.3 is 46.5 Å². The van der Waals surface area contributed by atoms with Gasteiger partial charge in [0.05, 0.1) is 26.4 Å². The fourth-order valence-electron chi connectivity index (χ4n) is 3.56. The van der Waals surface area contributed by atoms with Gasteiger partial charge in [-0.1, -0.05) is 32.0 Å². The van der Waals surface area contributed by atoms with Crippen LogP contribution in [0.4, 0.5) is 75.4 Å². The summed E-state index contributed by atoms with van der Waals surface area (Å²) in [6.45, 7) is 0.438. The molecule has 0 aliphatic carbocycles. The number of benzene rings is 1. The molecule has 370 valence electrons. The molecule has 0 saturated carbocycles. The van der Waals surface area contributed by atoms with Gasteiger partial charge in [0.15, 0.2) is 30.4 Å². The Labute approximate surface area is 344 Å². The third-order valence-electron chi connectivity index (χ3n) is 6.42. The second-order valence-electron chi connectivity index (χ2n) is 11.9. The summed E-state index contributed by atoms with van der Waals surface area (Å²) < 4.78 is 306. The topological polar surface area (TPSA) is 264 Å². The van der Waals surface area contributed by atoms with Crippen LogP contribution < -0.4 is 4.74 Å². The van der Waals surface area contributed by atoms with Crippen LogP contribution in [0.25, 0.3) is 0 Å². The first-order chi connectivity index (χ1) is 28.0. The third-order valence-corrected chi connectivity index (χ3v) is 9.07. The monoisotopic (exact) mass is 1020 g/mol. The summed E-state index contributed by atoms with van der Waals surface area (Å²) in [6.07, 6.45) is -34.5. The summed E-state index contributed by atoms with van der Waals surface area (Å²) in [5.74, 6) is -0.0893. The Balaban J connectivity index is 0.000000917. The maximum Gasteiger partial charge on any atom is 0.509 e. The summed E-state index contributed by atoms with van der Waals surface area (Å²) in [7, 11) is -19.9. The Bertz CT molecular complexity index is 1940. The number of morpholine rings is 1. The molecule has 3 atom stereocenters. The van der Waals surface area contributed by atoms with E-state index < -0.39 is 115 Å². The summed E-state index contributed by atoms with van der Waals surface area (Å²) in [5, 5.41) is -17.4. The number of rotatable bonds is 15. The molecular formula is C27H29F15NO17S3-3. The van der Waals surface area contributed by atoms with Gasteiger partial charge < -0.3 is 47.0 Å². The van der Waals surface area contributed by atoms with E-state index in [1.54, 1.807) is 18.2 Å². The maximum atomic E-state index is 13.1. The fourth-order valence-corrected chi connectivity index (χ4v) is 4.91. The molecule has 0 radical (unpaired) electrons. The normalized spacial score (nSPS) is 16.3.